The molecule has 22 valence electrons. The molecule has 0 aromatic carbocycles. The maximum atomic E-state index is 4.69. The average molecular weight is 55.9 g/mol. The Morgan fingerprint density at radius 1 is 1.50 bits per heavy atom. The Morgan fingerprint density at radius 2 is 1.50 bits per heavy atom. The summed E-state index contributed by atoms with van der Waals surface area (Å²) in [6, 6.07) is 0. The van der Waals surface area contributed by atoms with Gasteiger partial charge in [0.25, 0.3) is 0 Å². The van der Waals surface area contributed by atoms with E-state index in [2.05, 4.69) is 7.49 Å². The number of hydrogen-bond acceptors (Lipinski definition) is 2. The predicted molar refractivity (Wildman–Crippen MR) is 20.5 cm³/mol. The van der Waals surface area contributed by atoms with Crippen LogP contribution in [-0.4, -0.2) is 13.2 Å². The fourth-order valence-electron chi connectivity index (χ4n) is 0. The van der Waals surface area contributed by atoms with Gasteiger partial charge in [0.15, 0.2) is 0 Å². The fraction of sp³-hybridized carbons (Fsp3) is 0. The van der Waals surface area contributed by atoms with E-state index in [1.165, 1.54) is 0 Å². The first kappa shape index (κ1) is 3.53. The Morgan fingerprint density at radius 3 is 1.50 bits per heavy atom. The summed E-state index contributed by atoms with van der Waals surface area (Å²) < 4.78 is 0. The van der Waals surface area contributed by atoms with E-state index in [1.54, 1.807) is 0 Å². The van der Waals surface area contributed by atoms with Crippen LogP contribution < -0.4 is 11.5 Å². The van der Waals surface area contributed by atoms with Gasteiger partial charge in [-0.1, -0.05) is 0 Å². The standard InChI is InChI=1S/CH5BN2/c2-1(3)4/h2H,3-4H2. The number of nitrogens with two attached hydrogens (primary N) is 2. The third kappa shape index (κ3) is 2.03. The van der Waals surface area contributed by atoms with Crippen LogP contribution in [0.1, 0.15) is 0 Å². The summed E-state index contributed by atoms with van der Waals surface area (Å²) >= 11 is 0. The topological polar surface area (TPSA) is 52.0 Å². The summed E-state index contributed by atoms with van der Waals surface area (Å²) in [7, 11) is 3.11. The van der Waals surface area contributed by atoms with Gasteiger partial charge >= 0.3 is 24.7 Å². The molecule has 0 radical (unpaired) electrons. The second kappa shape index (κ2) is 0.929. The van der Waals surface area contributed by atoms with Gasteiger partial charge in [-0.05, 0) is 0 Å². The third-order valence-electron chi connectivity index (χ3n) is 0. The Hall–Kier alpha value is -0.465. The summed E-state index contributed by atoms with van der Waals surface area (Å²) in [5, 5.41) is 0. The molecule has 0 amide bonds. The molecular weight excluding hydrogens is 50.8 g/mol. The minimum atomic E-state index is 0.167. The third-order valence-corrected chi connectivity index (χ3v) is 0. The van der Waals surface area contributed by atoms with Crippen molar-refractivity contribution >= 4 is 13.2 Å². The SMILES string of the molecule is B=C(N)N. The summed E-state index contributed by atoms with van der Waals surface area (Å²) in [5.74, 6) is 0. The van der Waals surface area contributed by atoms with E-state index in [4.69, 9.17) is 11.5 Å². The zero-order valence-electron chi connectivity index (χ0n) is 2.36. The van der Waals surface area contributed by atoms with Crippen molar-refractivity contribution in [3.63, 3.8) is 0 Å². The first-order chi connectivity index (χ1) is 1.73. The van der Waals surface area contributed by atoms with Crippen molar-refractivity contribution in [1.29, 1.82) is 0 Å². The van der Waals surface area contributed by atoms with Gasteiger partial charge in [0.2, 0.25) is 0 Å². The number of hydrogen-bond donors (Lipinski definition) is 2. The molecule has 4 N–H and O–H groups in total. The van der Waals surface area contributed by atoms with Crippen molar-refractivity contribution < 1.29 is 0 Å². The van der Waals surface area contributed by atoms with Crippen molar-refractivity contribution in [2.45, 2.75) is 0 Å². The number of rotatable bonds is 0. The molecule has 0 unspecified atom stereocenters. The molecule has 0 rings (SSSR count). The van der Waals surface area contributed by atoms with Gasteiger partial charge in [-0.15, -0.1) is 0 Å². The molecular formula is CH5BN2. The fourth-order valence-corrected chi connectivity index (χ4v) is 0. The molecule has 0 spiro atoms. The van der Waals surface area contributed by atoms with E-state index in [-0.39, 0.29) is 5.71 Å². The molecule has 3 heteroatoms. The van der Waals surface area contributed by atoms with Gasteiger partial charge < -0.3 is 0 Å². The van der Waals surface area contributed by atoms with Crippen LogP contribution in [0.25, 0.3) is 0 Å². The monoisotopic (exact) mass is 56.1 g/mol. The molecule has 0 aliphatic rings. The normalized spacial score (nSPS) is 5.75. The Balaban J connectivity index is 2.80. The molecule has 0 saturated carbocycles. The second-order valence-electron chi connectivity index (χ2n) is 0.575. The van der Waals surface area contributed by atoms with E-state index in [1.807, 2.05) is 0 Å². The van der Waals surface area contributed by atoms with Crippen molar-refractivity contribution in [2.24, 2.45) is 11.5 Å². The van der Waals surface area contributed by atoms with Gasteiger partial charge in [-0.25, -0.2) is 0 Å². The van der Waals surface area contributed by atoms with Crippen molar-refractivity contribution in [3.05, 3.63) is 0 Å². The molecule has 0 atom stereocenters. The predicted octanol–water partition coefficient (Wildman–Crippen LogP) is -2.11. The Labute approximate surface area is 25.9 Å². The molecule has 0 bridgehead atoms. The van der Waals surface area contributed by atoms with Crippen molar-refractivity contribution in [3.8, 4) is 0 Å². The molecule has 4 heavy (non-hydrogen) atoms. The van der Waals surface area contributed by atoms with Crippen LogP contribution in [0.15, 0.2) is 0 Å². The van der Waals surface area contributed by atoms with Gasteiger partial charge in [0.1, 0.15) is 0 Å². The van der Waals surface area contributed by atoms with Crippen LogP contribution >= 0.6 is 0 Å². The molecule has 0 aromatic heterocycles. The molecule has 0 saturated heterocycles. The molecule has 0 fully saturated rings. The van der Waals surface area contributed by atoms with Crippen LogP contribution in [0.2, 0.25) is 0 Å². The zero-order valence-corrected chi connectivity index (χ0v) is 2.36. The van der Waals surface area contributed by atoms with E-state index < -0.39 is 0 Å². The Bertz CT molecular complexity index is 29.0. The van der Waals surface area contributed by atoms with E-state index in [0.717, 1.165) is 0 Å². The summed E-state index contributed by atoms with van der Waals surface area (Å²) in [5.41, 5.74) is 9.56. The quantitative estimate of drug-likeness (QED) is 0.312. The van der Waals surface area contributed by atoms with Crippen LogP contribution in [-0.2, 0) is 0 Å². The van der Waals surface area contributed by atoms with Crippen LogP contribution in [0, 0.1) is 0 Å². The van der Waals surface area contributed by atoms with E-state index >= 15 is 0 Å². The summed E-state index contributed by atoms with van der Waals surface area (Å²) in [6.07, 6.45) is 0. The molecule has 2 nitrogen and oxygen atoms in total. The van der Waals surface area contributed by atoms with E-state index in [0.29, 0.717) is 0 Å². The maximum absolute atomic E-state index is 4.69. The first-order valence-corrected chi connectivity index (χ1v) is 0.931. The van der Waals surface area contributed by atoms with Crippen LogP contribution in [0.5, 0.6) is 0 Å². The minimum absolute atomic E-state index is 0.167. The first-order valence-electron chi connectivity index (χ1n) is 0.931. The molecule has 0 aromatic rings. The summed E-state index contributed by atoms with van der Waals surface area (Å²) in [4.78, 5) is 0. The van der Waals surface area contributed by atoms with E-state index in [9.17, 15) is 0 Å². The van der Waals surface area contributed by atoms with Gasteiger partial charge in [0, 0.05) is 0 Å². The van der Waals surface area contributed by atoms with Gasteiger partial charge in [-0.2, -0.15) is 0 Å². The van der Waals surface area contributed by atoms with Crippen LogP contribution in [0.4, 0.5) is 0 Å². The van der Waals surface area contributed by atoms with Gasteiger partial charge in [-0.3, -0.25) is 0 Å². The average Bonchev–Trinajstić information content (AvgIpc) is 0.811. The zero-order chi connectivity index (χ0) is 3.58. The van der Waals surface area contributed by atoms with Crippen molar-refractivity contribution in [2.75, 3.05) is 0 Å². The summed E-state index contributed by atoms with van der Waals surface area (Å²) in [6.45, 7) is 0. The molecule has 0 aliphatic heterocycles. The Kier molecular flexibility index (Phi) is 0.821. The second-order valence-corrected chi connectivity index (χ2v) is 0.575. The van der Waals surface area contributed by atoms with Crippen LogP contribution in [0.3, 0.4) is 0 Å². The van der Waals surface area contributed by atoms with Gasteiger partial charge in [0.05, 0.1) is 0 Å². The molecule has 0 heterocycles. The van der Waals surface area contributed by atoms with Crippen molar-refractivity contribution in [1.82, 2.24) is 0 Å². The molecule has 0 aliphatic carbocycles.